The number of aromatic nitrogens is 3. The van der Waals surface area contributed by atoms with Gasteiger partial charge in [0, 0.05) is 43.8 Å². The van der Waals surface area contributed by atoms with Gasteiger partial charge in [0.2, 0.25) is 0 Å². The molecule has 2 aliphatic heterocycles. The van der Waals surface area contributed by atoms with Crippen molar-refractivity contribution in [3.63, 3.8) is 0 Å². The van der Waals surface area contributed by atoms with Gasteiger partial charge in [0.25, 0.3) is 0 Å². The molecule has 0 radical (unpaired) electrons. The predicted molar refractivity (Wildman–Crippen MR) is 98.3 cm³/mol. The van der Waals surface area contributed by atoms with Crippen LogP contribution in [0.4, 0.5) is 5.82 Å². The first-order chi connectivity index (χ1) is 12.7. The summed E-state index contributed by atoms with van der Waals surface area (Å²) in [7, 11) is 0. The Labute approximate surface area is 153 Å². The zero-order chi connectivity index (χ0) is 17.9. The minimum atomic E-state index is 0.279. The van der Waals surface area contributed by atoms with E-state index in [1.807, 2.05) is 25.1 Å². The van der Waals surface area contributed by atoms with Crippen LogP contribution in [-0.4, -0.2) is 51.6 Å². The van der Waals surface area contributed by atoms with Gasteiger partial charge in [-0.15, -0.1) is 0 Å². The highest BCUT2D eigenvalue weighted by Crippen LogP contribution is 2.29. The first-order valence-corrected chi connectivity index (χ1v) is 8.91. The van der Waals surface area contributed by atoms with Crippen LogP contribution in [0.25, 0.3) is 0 Å². The summed E-state index contributed by atoms with van der Waals surface area (Å²) in [6.07, 6.45) is 5.40. The Balaban J connectivity index is 1.47. The maximum Gasteiger partial charge on any atom is 0.183 e. The van der Waals surface area contributed by atoms with E-state index in [-0.39, 0.29) is 6.04 Å². The van der Waals surface area contributed by atoms with Crippen molar-refractivity contribution in [3.8, 4) is 17.9 Å². The van der Waals surface area contributed by atoms with Crippen molar-refractivity contribution < 1.29 is 0 Å². The zero-order valence-electron chi connectivity index (χ0n) is 14.8. The molecule has 2 aromatic heterocycles. The summed E-state index contributed by atoms with van der Waals surface area (Å²) < 4.78 is 0. The molecule has 2 saturated heterocycles. The topological polar surface area (TPSA) is 68.9 Å². The summed E-state index contributed by atoms with van der Waals surface area (Å²) in [5.41, 5.74) is 2.23. The van der Waals surface area contributed by atoms with Crippen molar-refractivity contribution in [1.82, 2.24) is 19.9 Å². The van der Waals surface area contributed by atoms with Gasteiger partial charge in [-0.25, -0.2) is 15.0 Å². The summed E-state index contributed by atoms with van der Waals surface area (Å²) in [5, 5.41) is 9.26. The molecule has 2 aromatic rings. The number of hydrogen-bond acceptors (Lipinski definition) is 6. The van der Waals surface area contributed by atoms with Crippen molar-refractivity contribution in [2.45, 2.75) is 31.8 Å². The number of hydrogen-bond donors (Lipinski definition) is 0. The summed E-state index contributed by atoms with van der Waals surface area (Å²) >= 11 is 0. The minimum Gasteiger partial charge on any atom is -0.351 e. The van der Waals surface area contributed by atoms with Gasteiger partial charge >= 0.3 is 0 Å². The van der Waals surface area contributed by atoms with Crippen LogP contribution in [0.1, 0.15) is 29.9 Å². The molecule has 4 heterocycles. The lowest BCUT2D eigenvalue weighted by Gasteiger charge is -2.39. The Morgan fingerprint density at radius 2 is 2.04 bits per heavy atom. The van der Waals surface area contributed by atoms with Crippen LogP contribution in [0.2, 0.25) is 0 Å². The van der Waals surface area contributed by atoms with E-state index in [9.17, 15) is 5.26 Å². The first-order valence-electron chi connectivity index (χ1n) is 8.91. The molecule has 0 bridgehead atoms. The van der Waals surface area contributed by atoms with Crippen molar-refractivity contribution in [1.29, 1.82) is 5.26 Å². The fraction of sp³-hybridized carbons (Fsp3) is 0.400. The van der Waals surface area contributed by atoms with Gasteiger partial charge in [-0.2, -0.15) is 5.26 Å². The standard InChI is InChI=1S/C20H20N6/c1-15-3-2-4-16(24-15)5-6-17-7-8-18-14-25(11-12-26(17)18)20-19(13-21)22-9-10-23-20/h2-4,9-10,17-18H,7-8,11-12,14H2,1H3/t17-,18-/m1/s1. The van der Waals surface area contributed by atoms with E-state index in [0.717, 1.165) is 43.9 Å². The fourth-order valence-electron chi connectivity index (χ4n) is 3.81. The van der Waals surface area contributed by atoms with Crippen LogP contribution in [0.5, 0.6) is 0 Å². The van der Waals surface area contributed by atoms with Crippen molar-refractivity contribution in [3.05, 3.63) is 47.7 Å². The largest absolute Gasteiger partial charge is 0.351 e. The molecule has 4 rings (SSSR count). The van der Waals surface area contributed by atoms with E-state index >= 15 is 0 Å². The summed E-state index contributed by atoms with van der Waals surface area (Å²) in [4.78, 5) is 17.6. The molecule has 0 amide bonds. The third kappa shape index (κ3) is 3.24. The number of fused-ring (bicyclic) bond motifs is 1. The van der Waals surface area contributed by atoms with Gasteiger partial charge < -0.3 is 4.90 Å². The molecule has 0 unspecified atom stereocenters. The van der Waals surface area contributed by atoms with Crippen LogP contribution in [0, 0.1) is 30.1 Å². The second kappa shape index (κ2) is 7.11. The normalized spacial score (nSPS) is 22.2. The molecular formula is C20H20N6. The van der Waals surface area contributed by atoms with E-state index in [4.69, 9.17) is 0 Å². The summed E-state index contributed by atoms with van der Waals surface area (Å²) in [5.74, 6) is 7.36. The highest BCUT2D eigenvalue weighted by molar-refractivity contribution is 5.50. The molecule has 6 heteroatoms. The van der Waals surface area contributed by atoms with Gasteiger partial charge in [-0.3, -0.25) is 4.90 Å². The van der Waals surface area contributed by atoms with Crippen molar-refractivity contribution in [2.24, 2.45) is 0 Å². The van der Waals surface area contributed by atoms with Gasteiger partial charge in [-0.05, 0) is 37.8 Å². The third-order valence-corrected chi connectivity index (χ3v) is 5.04. The highest BCUT2D eigenvalue weighted by Gasteiger charge is 2.37. The Morgan fingerprint density at radius 3 is 2.88 bits per heavy atom. The smallest absolute Gasteiger partial charge is 0.183 e. The molecule has 26 heavy (non-hydrogen) atoms. The molecular weight excluding hydrogens is 324 g/mol. The Hall–Kier alpha value is -2.96. The molecule has 0 N–H and O–H groups in total. The molecule has 0 aliphatic carbocycles. The molecule has 0 spiro atoms. The number of pyridine rings is 1. The number of rotatable bonds is 1. The van der Waals surface area contributed by atoms with Crippen LogP contribution >= 0.6 is 0 Å². The van der Waals surface area contributed by atoms with E-state index in [0.29, 0.717) is 17.6 Å². The molecule has 2 aliphatic rings. The second-order valence-electron chi connectivity index (χ2n) is 6.70. The number of piperazine rings is 1. The molecule has 2 atom stereocenters. The number of nitriles is 1. The van der Waals surface area contributed by atoms with Crippen molar-refractivity contribution >= 4 is 5.82 Å². The molecule has 0 aromatic carbocycles. The van der Waals surface area contributed by atoms with Gasteiger partial charge in [0.15, 0.2) is 11.5 Å². The maximum absolute atomic E-state index is 9.26. The first kappa shape index (κ1) is 16.5. The van der Waals surface area contributed by atoms with Gasteiger partial charge in [-0.1, -0.05) is 12.0 Å². The monoisotopic (exact) mass is 344 g/mol. The molecule has 130 valence electrons. The van der Waals surface area contributed by atoms with Crippen LogP contribution in [-0.2, 0) is 0 Å². The van der Waals surface area contributed by atoms with E-state index in [2.05, 4.69) is 42.7 Å². The van der Waals surface area contributed by atoms with E-state index < -0.39 is 0 Å². The summed E-state index contributed by atoms with van der Waals surface area (Å²) in [6, 6.07) is 8.81. The third-order valence-electron chi connectivity index (χ3n) is 5.04. The van der Waals surface area contributed by atoms with Crippen LogP contribution < -0.4 is 4.90 Å². The predicted octanol–water partition coefficient (Wildman–Crippen LogP) is 1.76. The van der Waals surface area contributed by atoms with E-state index in [1.54, 1.807) is 12.4 Å². The SMILES string of the molecule is Cc1cccc(C#C[C@@H]2CC[C@@H]3CN(c4nccnc4C#N)CCN32)n1. The minimum absolute atomic E-state index is 0.279. The quantitative estimate of drug-likeness (QED) is 0.734. The molecule has 0 saturated carbocycles. The lowest BCUT2D eigenvalue weighted by Crippen LogP contribution is -2.52. The lowest BCUT2D eigenvalue weighted by molar-refractivity contribution is 0.202. The van der Waals surface area contributed by atoms with Crippen LogP contribution in [0.15, 0.2) is 30.6 Å². The number of nitrogens with zero attached hydrogens (tertiary/aromatic N) is 6. The highest BCUT2D eigenvalue weighted by atomic mass is 15.3. The number of anilines is 1. The fourth-order valence-corrected chi connectivity index (χ4v) is 3.81. The van der Waals surface area contributed by atoms with E-state index in [1.165, 1.54) is 0 Å². The second-order valence-corrected chi connectivity index (χ2v) is 6.70. The number of aryl methyl sites for hydroxylation is 1. The van der Waals surface area contributed by atoms with Gasteiger partial charge in [0.1, 0.15) is 11.8 Å². The zero-order valence-corrected chi connectivity index (χ0v) is 14.8. The van der Waals surface area contributed by atoms with Crippen molar-refractivity contribution in [2.75, 3.05) is 24.5 Å². The average Bonchev–Trinajstić information content (AvgIpc) is 3.08. The average molecular weight is 344 g/mol. The Kier molecular flexibility index (Phi) is 4.51. The molecule has 2 fully saturated rings. The Bertz CT molecular complexity index is 906. The molecule has 6 nitrogen and oxygen atoms in total. The Morgan fingerprint density at radius 1 is 1.15 bits per heavy atom. The maximum atomic E-state index is 9.26. The lowest BCUT2D eigenvalue weighted by atomic mass is 10.1. The summed E-state index contributed by atoms with van der Waals surface area (Å²) in [6.45, 7) is 4.61. The van der Waals surface area contributed by atoms with Crippen LogP contribution in [0.3, 0.4) is 0 Å². The van der Waals surface area contributed by atoms with Gasteiger partial charge in [0.05, 0.1) is 6.04 Å².